The molecule has 1 aromatic heterocycles. The number of hydrogen-bond acceptors (Lipinski definition) is 3. The lowest BCUT2D eigenvalue weighted by molar-refractivity contribution is -0.0239. The molecule has 4 aliphatic rings. The van der Waals surface area contributed by atoms with E-state index in [1.807, 2.05) is 0 Å². The molecule has 2 N–H and O–H groups in total. The zero-order chi connectivity index (χ0) is 17.2. The van der Waals surface area contributed by atoms with E-state index in [1.165, 1.54) is 31.3 Å². The van der Waals surface area contributed by atoms with Crippen LogP contribution < -0.4 is 0 Å². The summed E-state index contributed by atoms with van der Waals surface area (Å²) < 4.78 is 0. The third-order valence-corrected chi connectivity index (χ3v) is 8.31. The van der Waals surface area contributed by atoms with E-state index in [1.54, 1.807) is 11.9 Å². The maximum Gasteiger partial charge on any atom is 0.177 e. The van der Waals surface area contributed by atoms with Gasteiger partial charge in [0.2, 0.25) is 0 Å². The van der Waals surface area contributed by atoms with Crippen molar-refractivity contribution in [3.05, 3.63) is 29.9 Å². The second kappa shape index (κ2) is 5.29. The number of aromatic amines is 1. The average Bonchev–Trinajstić information content (AvgIpc) is 3.22. The van der Waals surface area contributed by atoms with Crippen LogP contribution in [-0.2, 0) is 0 Å². The summed E-state index contributed by atoms with van der Waals surface area (Å²) in [5.41, 5.74) is 3.46. The number of aromatic nitrogens is 3. The van der Waals surface area contributed by atoms with Gasteiger partial charge in [0.25, 0.3) is 0 Å². The van der Waals surface area contributed by atoms with Crippen LogP contribution in [-0.4, -0.2) is 26.4 Å². The molecular weight excluding hydrogens is 310 g/mol. The summed E-state index contributed by atoms with van der Waals surface area (Å²) in [7, 11) is 0. The Kier molecular flexibility index (Phi) is 3.35. The fourth-order valence-corrected chi connectivity index (χ4v) is 6.89. The lowest BCUT2D eigenvalue weighted by Crippen LogP contribution is -2.49. The first-order valence-electron chi connectivity index (χ1n) is 9.97. The molecule has 134 valence electrons. The van der Waals surface area contributed by atoms with Gasteiger partial charge in [0, 0.05) is 5.57 Å². The van der Waals surface area contributed by atoms with Crippen molar-refractivity contribution >= 4 is 5.57 Å². The number of hydrogen-bond donors (Lipinski definition) is 2. The molecule has 2 fully saturated rings. The van der Waals surface area contributed by atoms with E-state index in [4.69, 9.17) is 0 Å². The Morgan fingerprint density at radius 3 is 2.72 bits per heavy atom. The van der Waals surface area contributed by atoms with Gasteiger partial charge in [0.05, 0.1) is 6.10 Å². The number of aliphatic hydroxyl groups is 1. The molecule has 0 aliphatic heterocycles. The minimum Gasteiger partial charge on any atom is -0.393 e. The number of allylic oxidation sites excluding steroid dienone is 3. The smallest absolute Gasteiger partial charge is 0.177 e. The maximum absolute atomic E-state index is 10.1. The van der Waals surface area contributed by atoms with Crippen molar-refractivity contribution in [2.45, 2.75) is 64.9 Å². The quantitative estimate of drug-likeness (QED) is 0.757. The van der Waals surface area contributed by atoms with Crippen LogP contribution in [0.3, 0.4) is 0 Å². The zero-order valence-electron chi connectivity index (χ0n) is 15.3. The minimum absolute atomic E-state index is 0.116. The summed E-state index contributed by atoms with van der Waals surface area (Å²) in [6, 6.07) is 0. The van der Waals surface area contributed by atoms with Crippen molar-refractivity contribution in [3.63, 3.8) is 0 Å². The summed E-state index contributed by atoms with van der Waals surface area (Å²) in [5, 5.41) is 17.4. The van der Waals surface area contributed by atoms with E-state index in [0.29, 0.717) is 11.3 Å². The van der Waals surface area contributed by atoms with Crippen LogP contribution in [0.4, 0.5) is 0 Å². The fraction of sp³-hybridized carbons (Fsp3) is 0.714. The highest BCUT2D eigenvalue weighted by Crippen LogP contribution is 2.65. The lowest BCUT2D eigenvalue weighted by atomic mass is 9.47. The Balaban J connectivity index is 1.48. The van der Waals surface area contributed by atoms with Crippen molar-refractivity contribution in [2.24, 2.45) is 28.6 Å². The summed E-state index contributed by atoms with van der Waals surface area (Å²) >= 11 is 0. The topological polar surface area (TPSA) is 61.8 Å². The summed E-state index contributed by atoms with van der Waals surface area (Å²) in [4.78, 5) is 4.45. The third-order valence-electron chi connectivity index (χ3n) is 8.31. The number of H-pyrrole nitrogens is 1. The van der Waals surface area contributed by atoms with Crippen LogP contribution in [0.25, 0.3) is 5.57 Å². The summed E-state index contributed by atoms with van der Waals surface area (Å²) in [6.45, 7) is 4.94. The monoisotopic (exact) mass is 339 g/mol. The van der Waals surface area contributed by atoms with E-state index in [0.717, 1.165) is 36.9 Å². The van der Waals surface area contributed by atoms with Gasteiger partial charge in [-0.15, -0.1) is 0 Å². The number of nitrogens with one attached hydrogen (secondary N) is 1. The van der Waals surface area contributed by atoms with Gasteiger partial charge < -0.3 is 5.11 Å². The van der Waals surface area contributed by atoms with Gasteiger partial charge in [0.1, 0.15) is 6.33 Å². The Bertz CT molecular complexity index is 736. The van der Waals surface area contributed by atoms with Crippen LogP contribution in [0.1, 0.15) is 64.6 Å². The molecule has 6 atom stereocenters. The van der Waals surface area contributed by atoms with Crippen LogP contribution in [0.2, 0.25) is 0 Å². The zero-order valence-corrected chi connectivity index (χ0v) is 15.3. The predicted octanol–water partition coefficient (Wildman–Crippen LogP) is 4.12. The third kappa shape index (κ3) is 2.09. The first-order chi connectivity index (χ1) is 12.0. The molecule has 4 nitrogen and oxygen atoms in total. The molecule has 0 aromatic carbocycles. The first kappa shape index (κ1) is 15.8. The standard InChI is InChI=1S/C21H29N3O/c1-20-9-7-14(25)11-13(20)3-4-15-16-5-6-18(19-22-12-23-24-19)21(16,2)10-8-17(15)20/h3,6,12,14-17,25H,4-5,7-11H2,1-2H3,(H,22,23,24)/t14-,15-,16-,17-,20-,21-/m0/s1. The predicted molar refractivity (Wildman–Crippen MR) is 97.5 cm³/mol. The number of rotatable bonds is 1. The van der Waals surface area contributed by atoms with Gasteiger partial charge in [0.15, 0.2) is 5.82 Å². The normalized spacial score (nSPS) is 45.9. The second-order valence-corrected chi connectivity index (χ2v) is 9.29. The molecule has 0 unspecified atom stereocenters. The van der Waals surface area contributed by atoms with Crippen molar-refractivity contribution in [3.8, 4) is 0 Å². The Labute approximate surface area is 149 Å². The molecule has 2 saturated carbocycles. The molecule has 1 aromatic rings. The SMILES string of the molecule is C[C@]12CC[C@H](O)CC1=CC[C@@H]1[C@@H]2CC[C@]2(C)C(c3nc[nH]n3)=CC[C@@H]12. The summed E-state index contributed by atoms with van der Waals surface area (Å²) in [6.07, 6.45) is 14.4. The Morgan fingerprint density at radius 1 is 1.08 bits per heavy atom. The van der Waals surface area contributed by atoms with Gasteiger partial charge in [-0.3, -0.25) is 5.10 Å². The van der Waals surface area contributed by atoms with Crippen molar-refractivity contribution in [2.75, 3.05) is 0 Å². The molecule has 0 radical (unpaired) electrons. The van der Waals surface area contributed by atoms with E-state index in [-0.39, 0.29) is 11.5 Å². The van der Waals surface area contributed by atoms with Gasteiger partial charge in [-0.1, -0.05) is 31.6 Å². The van der Waals surface area contributed by atoms with Crippen LogP contribution in [0, 0.1) is 28.6 Å². The Hall–Kier alpha value is -1.42. The van der Waals surface area contributed by atoms with Crippen LogP contribution in [0.15, 0.2) is 24.1 Å². The van der Waals surface area contributed by atoms with E-state index in [2.05, 4.69) is 41.2 Å². The second-order valence-electron chi connectivity index (χ2n) is 9.29. The molecule has 0 spiro atoms. The van der Waals surface area contributed by atoms with Gasteiger partial charge in [-0.25, -0.2) is 4.98 Å². The molecule has 1 heterocycles. The summed E-state index contributed by atoms with van der Waals surface area (Å²) in [5.74, 6) is 3.15. The van der Waals surface area contributed by atoms with E-state index in [9.17, 15) is 5.11 Å². The number of fused-ring (bicyclic) bond motifs is 5. The van der Waals surface area contributed by atoms with Crippen molar-refractivity contribution in [1.82, 2.24) is 15.2 Å². The van der Waals surface area contributed by atoms with Gasteiger partial charge >= 0.3 is 0 Å². The van der Waals surface area contributed by atoms with Crippen LogP contribution in [0.5, 0.6) is 0 Å². The highest BCUT2D eigenvalue weighted by Gasteiger charge is 2.57. The molecule has 0 bridgehead atoms. The molecular formula is C21H29N3O. The molecule has 25 heavy (non-hydrogen) atoms. The van der Waals surface area contributed by atoms with E-state index < -0.39 is 0 Å². The van der Waals surface area contributed by atoms with E-state index >= 15 is 0 Å². The average molecular weight is 339 g/mol. The first-order valence-corrected chi connectivity index (χ1v) is 9.97. The number of aliphatic hydroxyl groups excluding tert-OH is 1. The lowest BCUT2D eigenvalue weighted by Gasteiger charge is -2.57. The largest absolute Gasteiger partial charge is 0.393 e. The highest BCUT2D eigenvalue weighted by molar-refractivity contribution is 5.68. The minimum atomic E-state index is -0.116. The maximum atomic E-state index is 10.1. The fourth-order valence-electron chi connectivity index (χ4n) is 6.89. The molecule has 0 saturated heterocycles. The van der Waals surface area contributed by atoms with Gasteiger partial charge in [-0.05, 0) is 73.5 Å². The van der Waals surface area contributed by atoms with Gasteiger partial charge in [-0.2, -0.15) is 5.10 Å². The van der Waals surface area contributed by atoms with Crippen molar-refractivity contribution in [1.29, 1.82) is 0 Å². The molecule has 0 amide bonds. The molecule has 4 heteroatoms. The highest BCUT2D eigenvalue weighted by atomic mass is 16.3. The molecule has 4 aliphatic carbocycles. The van der Waals surface area contributed by atoms with Crippen molar-refractivity contribution < 1.29 is 5.11 Å². The molecule has 5 rings (SSSR count). The number of nitrogens with zero attached hydrogens (tertiary/aromatic N) is 2. The van der Waals surface area contributed by atoms with Crippen LogP contribution >= 0.6 is 0 Å². The Morgan fingerprint density at radius 2 is 1.92 bits per heavy atom.